The van der Waals surface area contributed by atoms with E-state index in [-0.39, 0.29) is 35.3 Å². The second-order valence-corrected chi connectivity index (χ2v) is 7.56. The highest BCUT2D eigenvalue weighted by Gasteiger charge is 2.49. The molecule has 2 aliphatic heterocycles. The Morgan fingerprint density at radius 2 is 2.00 bits per heavy atom. The Labute approximate surface area is 167 Å². The fraction of sp³-hybridized carbons (Fsp3) is 0.318. The fourth-order valence-corrected chi connectivity index (χ4v) is 4.70. The zero-order chi connectivity index (χ0) is 20.0. The van der Waals surface area contributed by atoms with Crippen molar-refractivity contribution >= 4 is 22.8 Å². The summed E-state index contributed by atoms with van der Waals surface area (Å²) in [6.07, 6.45) is 4.43. The number of nitrogens with zero attached hydrogens (tertiary/aromatic N) is 3. The van der Waals surface area contributed by atoms with E-state index < -0.39 is 5.82 Å². The summed E-state index contributed by atoms with van der Waals surface area (Å²) in [5.41, 5.74) is 1.95. The molecule has 0 spiro atoms. The molecule has 3 unspecified atom stereocenters. The summed E-state index contributed by atoms with van der Waals surface area (Å²) in [6, 6.07) is 12.5. The summed E-state index contributed by atoms with van der Waals surface area (Å²) in [7, 11) is 1.39. The number of para-hydroxylation sites is 3. The number of ether oxygens (including phenoxy) is 1. The Kier molecular flexibility index (Phi) is 4.30. The highest BCUT2D eigenvalue weighted by Crippen LogP contribution is 2.41. The molecule has 2 aliphatic rings. The van der Waals surface area contributed by atoms with Gasteiger partial charge in [-0.2, -0.15) is 0 Å². The summed E-state index contributed by atoms with van der Waals surface area (Å²) < 4.78 is 19.2. The second-order valence-electron chi connectivity index (χ2n) is 7.56. The molecule has 2 fully saturated rings. The predicted molar refractivity (Wildman–Crippen MR) is 107 cm³/mol. The molecule has 1 N–H and O–H groups in total. The van der Waals surface area contributed by atoms with Crippen LogP contribution in [0.5, 0.6) is 5.75 Å². The van der Waals surface area contributed by atoms with Crippen LogP contribution in [-0.4, -0.2) is 46.0 Å². The maximum atomic E-state index is 14.1. The topological polar surface area (TPSA) is 67.3 Å². The van der Waals surface area contributed by atoms with Crippen LogP contribution in [0.2, 0.25) is 0 Å². The number of hydrogen-bond donors (Lipinski definition) is 1. The Hall–Kier alpha value is -3.22. The van der Waals surface area contributed by atoms with E-state index >= 15 is 0 Å². The number of amides is 1. The van der Waals surface area contributed by atoms with Crippen molar-refractivity contribution in [3.05, 3.63) is 60.0 Å². The molecule has 2 saturated heterocycles. The standard InChI is InChI=1S/C22H21FN4O2/c1-29-21-14(5-4-6-15(21)23)22(28)27-13-9-10-19(27)18(11-13)26-20-12-24-16-7-2-3-8-17(16)25-20/h2-8,12-13,18-19H,9-11H2,1H3,(H,25,26). The molecule has 0 saturated carbocycles. The minimum absolute atomic E-state index is 0.00806. The second kappa shape index (κ2) is 6.99. The van der Waals surface area contributed by atoms with Gasteiger partial charge >= 0.3 is 0 Å². The molecule has 1 aromatic heterocycles. The van der Waals surface area contributed by atoms with Crippen molar-refractivity contribution in [1.29, 1.82) is 0 Å². The average molecular weight is 392 g/mol. The van der Waals surface area contributed by atoms with Gasteiger partial charge in [0.05, 0.1) is 42.0 Å². The van der Waals surface area contributed by atoms with E-state index in [4.69, 9.17) is 4.74 Å². The maximum absolute atomic E-state index is 14.1. The molecule has 7 heteroatoms. The van der Waals surface area contributed by atoms with Crippen LogP contribution in [0.4, 0.5) is 10.2 Å². The van der Waals surface area contributed by atoms with Crippen molar-refractivity contribution in [3.63, 3.8) is 0 Å². The fourth-order valence-electron chi connectivity index (χ4n) is 4.70. The number of aromatic nitrogens is 2. The van der Waals surface area contributed by atoms with Crippen molar-refractivity contribution < 1.29 is 13.9 Å². The van der Waals surface area contributed by atoms with Crippen LogP contribution in [0.15, 0.2) is 48.7 Å². The van der Waals surface area contributed by atoms with Crippen molar-refractivity contribution in [2.45, 2.75) is 37.4 Å². The zero-order valence-corrected chi connectivity index (χ0v) is 16.0. The van der Waals surface area contributed by atoms with E-state index in [1.54, 1.807) is 18.3 Å². The van der Waals surface area contributed by atoms with Gasteiger partial charge in [-0.25, -0.2) is 9.37 Å². The first-order valence-corrected chi connectivity index (χ1v) is 9.79. The van der Waals surface area contributed by atoms with Gasteiger partial charge in [0, 0.05) is 6.04 Å². The number of fused-ring (bicyclic) bond motifs is 3. The van der Waals surface area contributed by atoms with Gasteiger partial charge in [-0.15, -0.1) is 0 Å². The number of rotatable bonds is 4. The van der Waals surface area contributed by atoms with Gasteiger partial charge in [-0.05, 0) is 43.5 Å². The van der Waals surface area contributed by atoms with Crippen LogP contribution in [-0.2, 0) is 0 Å². The third-order valence-corrected chi connectivity index (χ3v) is 5.95. The van der Waals surface area contributed by atoms with E-state index in [9.17, 15) is 9.18 Å². The minimum atomic E-state index is -0.522. The lowest BCUT2D eigenvalue weighted by molar-refractivity contribution is 0.0723. The lowest BCUT2D eigenvalue weighted by atomic mass is 9.95. The molecular weight excluding hydrogens is 371 g/mol. The average Bonchev–Trinajstić information content (AvgIpc) is 3.30. The summed E-state index contributed by atoms with van der Waals surface area (Å²) in [5, 5.41) is 3.47. The van der Waals surface area contributed by atoms with Crippen molar-refractivity contribution in [2.75, 3.05) is 12.4 Å². The third kappa shape index (κ3) is 2.97. The van der Waals surface area contributed by atoms with Gasteiger partial charge in [0.25, 0.3) is 5.91 Å². The first-order chi connectivity index (χ1) is 14.2. The van der Waals surface area contributed by atoms with E-state index in [0.717, 1.165) is 30.3 Å². The zero-order valence-electron chi connectivity index (χ0n) is 16.0. The Morgan fingerprint density at radius 1 is 1.17 bits per heavy atom. The number of anilines is 1. The number of methoxy groups -OCH3 is 1. The Morgan fingerprint density at radius 3 is 2.83 bits per heavy atom. The minimum Gasteiger partial charge on any atom is -0.493 e. The van der Waals surface area contributed by atoms with Crippen molar-refractivity contribution in [1.82, 2.24) is 14.9 Å². The molecule has 0 radical (unpaired) electrons. The van der Waals surface area contributed by atoms with Gasteiger partial charge in [0.1, 0.15) is 5.82 Å². The monoisotopic (exact) mass is 392 g/mol. The first kappa shape index (κ1) is 17.8. The smallest absolute Gasteiger partial charge is 0.258 e. The Balaban J connectivity index is 1.39. The largest absolute Gasteiger partial charge is 0.493 e. The summed E-state index contributed by atoms with van der Waals surface area (Å²) in [6.45, 7) is 0. The van der Waals surface area contributed by atoms with Gasteiger partial charge in [0.2, 0.25) is 0 Å². The third-order valence-electron chi connectivity index (χ3n) is 5.95. The number of carbonyl (C=O) groups is 1. The van der Waals surface area contributed by atoms with Crippen LogP contribution < -0.4 is 10.1 Å². The molecule has 3 aromatic rings. The molecule has 148 valence electrons. The maximum Gasteiger partial charge on any atom is 0.258 e. The highest BCUT2D eigenvalue weighted by molar-refractivity contribution is 5.98. The number of halogens is 1. The molecule has 1 amide bonds. The molecular formula is C22H21FN4O2. The molecule has 5 rings (SSSR count). The van der Waals surface area contributed by atoms with Gasteiger partial charge in [-0.1, -0.05) is 18.2 Å². The van der Waals surface area contributed by atoms with Crippen LogP contribution in [0.25, 0.3) is 11.0 Å². The molecule has 29 heavy (non-hydrogen) atoms. The molecule has 0 aliphatic carbocycles. The quantitative estimate of drug-likeness (QED) is 0.734. The normalized spacial score (nSPS) is 22.8. The molecule has 6 nitrogen and oxygen atoms in total. The van der Waals surface area contributed by atoms with E-state index in [1.165, 1.54) is 13.2 Å². The van der Waals surface area contributed by atoms with Gasteiger partial charge in [-0.3, -0.25) is 9.78 Å². The van der Waals surface area contributed by atoms with E-state index in [2.05, 4.69) is 15.3 Å². The van der Waals surface area contributed by atoms with Crippen LogP contribution in [0.1, 0.15) is 29.6 Å². The van der Waals surface area contributed by atoms with Crippen LogP contribution in [0, 0.1) is 5.82 Å². The lowest BCUT2D eigenvalue weighted by Crippen LogP contribution is -2.40. The molecule has 2 bridgehead atoms. The van der Waals surface area contributed by atoms with Crippen molar-refractivity contribution in [3.8, 4) is 5.75 Å². The number of nitrogens with one attached hydrogen (secondary N) is 1. The highest BCUT2D eigenvalue weighted by atomic mass is 19.1. The Bertz CT molecular complexity index is 1090. The summed E-state index contributed by atoms with van der Waals surface area (Å²) >= 11 is 0. The lowest BCUT2D eigenvalue weighted by Gasteiger charge is -2.26. The molecule has 3 atom stereocenters. The molecule has 2 aromatic carbocycles. The number of benzene rings is 2. The van der Waals surface area contributed by atoms with Crippen LogP contribution in [0.3, 0.4) is 0 Å². The van der Waals surface area contributed by atoms with Crippen LogP contribution >= 0.6 is 0 Å². The van der Waals surface area contributed by atoms with E-state index in [0.29, 0.717) is 5.82 Å². The molecule has 3 heterocycles. The SMILES string of the molecule is COc1c(F)cccc1C(=O)N1C2CCC1C(Nc1cnc3ccccc3n1)C2. The van der Waals surface area contributed by atoms with Gasteiger partial charge < -0.3 is 15.0 Å². The summed E-state index contributed by atoms with van der Waals surface area (Å²) in [4.78, 5) is 24.2. The predicted octanol–water partition coefficient (Wildman–Crippen LogP) is 3.64. The van der Waals surface area contributed by atoms with Crippen molar-refractivity contribution in [2.24, 2.45) is 0 Å². The number of carbonyl (C=O) groups excluding carboxylic acids is 1. The van der Waals surface area contributed by atoms with Gasteiger partial charge in [0.15, 0.2) is 11.6 Å². The first-order valence-electron chi connectivity index (χ1n) is 9.79. The van der Waals surface area contributed by atoms with E-state index in [1.807, 2.05) is 29.2 Å². The summed E-state index contributed by atoms with van der Waals surface area (Å²) in [5.74, 6) is 0.0134. The number of hydrogen-bond acceptors (Lipinski definition) is 5.